The van der Waals surface area contributed by atoms with Gasteiger partial charge >= 0.3 is 0 Å². The first-order valence-corrected chi connectivity index (χ1v) is 10.7. The molecule has 2 N–H and O–H groups in total. The molecule has 0 aliphatic heterocycles. The number of fused-ring (bicyclic) bond motifs is 1. The van der Waals surface area contributed by atoms with Crippen LogP contribution in [0.15, 0.2) is 53.5 Å². The minimum atomic E-state index is -0.827. The molecule has 1 amide bonds. The molecule has 5 nitrogen and oxygen atoms in total. The van der Waals surface area contributed by atoms with Crippen molar-refractivity contribution in [3.63, 3.8) is 0 Å². The molecule has 6 heteroatoms. The van der Waals surface area contributed by atoms with Crippen LogP contribution in [0.3, 0.4) is 0 Å². The minimum Gasteiger partial charge on any atom is -0.373 e. The second-order valence-electron chi connectivity index (χ2n) is 8.04. The van der Waals surface area contributed by atoms with E-state index in [1.807, 2.05) is 13.0 Å². The van der Waals surface area contributed by atoms with E-state index in [9.17, 15) is 14.7 Å². The lowest BCUT2D eigenvalue weighted by atomic mass is 9.88. The topological polar surface area (TPSA) is 71.3 Å². The fourth-order valence-corrected chi connectivity index (χ4v) is 4.48. The van der Waals surface area contributed by atoms with E-state index in [2.05, 4.69) is 5.32 Å². The van der Waals surface area contributed by atoms with E-state index in [0.717, 1.165) is 31.2 Å². The Bertz CT molecular complexity index is 1150. The number of nitrogens with one attached hydrogen (secondary N) is 1. The van der Waals surface area contributed by atoms with Gasteiger partial charge in [0.05, 0.1) is 10.6 Å². The van der Waals surface area contributed by atoms with Crippen LogP contribution in [0, 0.1) is 12.8 Å². The Labute approximate surface area is 180 Å². The highest BCUT2D eigenvalue weighted by atomic mass is 35.5. The molecule has 1 aliphatic rings. The third kappa shape index (κ3) is 4.00. The zero-order chi connectivity index (χ0) is 21.3. The van der Waals surface area contributed by atoms with E-state index in [0.29, 0.717) is 27.0 Å². The van der Waals surface area contributed by atoms with Crippen LogP contribution in [-0.2, 0) is 0 Å². The maximum atomic E-state index is 13.1. The fraction of sp³-hybridized carbons (Fsp3) is 0.333. The molecule has 3 aromatic rings. The lowest BCUT2D eigenvalue weighted by Crippen LogP contribution is -2.30. The van der Waals surface area contributed by atoms with E-state index in [-0.39, 0.29) is 17.4 Å². The molecule has 1 heterocycles. The number of halogens is 1. The molecule has 0 saturated heterocycles. The Hall–Kier alpha value is -2.63. The molecule has 1 fully saturated rings. The highest BCUT2D eigenvalue weighted by Crippen LogP contribution is 2.31. The first-order chi connectivity index (χ1) is 14.5. The summed E-state index contributed by atoms with van der Waals surface area (Å²) in [6.45, 7) is 1.89. The molecule has 1 saturated carbocycles. The highest BCUT2D eigenvalue weighted by Gasteiger charge is 2.24. The normalized spacial score (nSPS) is 15.8. The monoisotopic (exact) mass is 424 g/mol. The SMILES string of the molecule is Cc1ccc(Cl)c(C(=O)Nc2cccc3c(=O)n(C(O)C4CCCCC4)ccc23)c1. The lowest BCUT2D eigenvalue weighted by molar-refractivity contribution is 0.0210. The van der Waals surface area contributed by atoms with Crippen LogP contribution in [0.5, 0.6) is 0 Å². The Kier molecular flexibility index (Phi) is 5.93. The van der Waals surface area contributed by atoms with Crippen molar-refractivity contribution < 1.29 is 9.90 Å². The summed E-state index contributed by atoms with van der Waals surface area (Å²) in [4.78, 5) is 25.9. The molecule has 4 rings (SSSR count). The molecule has 2 aromatic carbocycles. The number of aliphatic hydroxyl groups excluding tert-OH is 1. The number of aliphatic hydroxyl groups is 1. The Morgan fingerprint density at radius 1 is 1.13 bits per heavy atom. The number of pyridine rings is 1. The van der Waals surface area contributed by atoms with Gasteiger partial charge in [0, 0.05) is 28.6 Å². The zero-order valence-corrected chi connectivity index (χ0v) is 17.7. The van der Waals surface area contributed by atoms with Gasteiger partial charge in [-0.1, -0.05) is 48.6 Å². The number of aromatic nitrogens is 1. The summed E-state index contributed by atoms with van der Waals surface area (Å²) in [6, 6.07) is 12.3. The summed E-state index contributed by atoms with van der Waals surface area (Å²) in [5.41, 5.74) is 1.60. The van der Waals surface area contributed by atoms with Gasteiger partial charge in [0.1, 0.15) is 6.23 Å². The number of aryl methyl sites for hydroxylation is 1. The Balaban J connectivity index is 1.67. The van der Waals surface area contributed by atoms with Gasteiger partial charge in [-0.2, -0.15) is 0 Å². The number of hydrogen-bond acceptors (Lipinski definition) is 3. The van der Waals surface area contributed by atoms with Gasteiger partial charge < -0.3 is 10.4 Å². The van der Waals surface area contributed by atoms with Crippen molar-refractivity contribution >= 4 is 34.0 Å². The number of benzene rings is 2. The van der Waals surface area contributed by atoms with Gasteiger partial charge in [0.2, 0.25) is 0 Å². The van der Waals surface area contributed by atoms with Crippen LogP contribution in [0.25, 0.3) is 10.8 Å². The molecule has 156 valence electrons. The minimum absolute atomic E-state index is 0.0975. The fourth-order valence-electron chi connectivity index (χ4n) is 4.27. The standard InChI is InChI=1S/C24H25ClN2O3/c1-15-10-11-20(25)19(14-15)22(28)26-21-9-5-8-18-17(21)12-13-27(24(18)30)23(29)16-6-3-2-4-7-16/h5,8-14,16,23,29H,2-4,6-7H2,1H3,(H,26,28). The number of nitrogens with zero attached hydrogens (tertiary/aromatic N) is 1. The van der Waals surface area contributed by atoms with Crippen molar-refractivity contribution in [3.05, 3.63) is 75.2 Å². The second-order valence-corrected chi connectivity index (χ2v) is 8.45. The number of anilines is 1. The summed E-state index contributed by atoms with van der Waals surface area (Å²) in [5.74, 6) is -0.233. The molecule has 0 spiro atoms. The molecule has 0 radical (unpaired) electrons. The third-order valence-electron chi connectivity index (χ3n) is 5.94. The highest BCUT2D eigenvalue weighted by molar-refractivity contribution is 6.34. The number of hydrogen-bond donors (Lipinski definition) is 2. The molecule has 0 bridgehead atoms. The predicted molar refractivity (Wildman–Crippen MR) is 120 cm³/mol. The van der Waals surface area contributed by atoms with E-state index >= 15 is 0 Å². The van der Waals surface area contributed by atoms with Crippen LogP contribution in [0.4, 0.5) is 5.69 Å². The average molecular weight is 425 g/mol. The summed E-state index contributed by atoms with van der Waals surface area (Å²) in [5, 5.41) is 15.1. The van der Waals surface area contributed by atoms with Crippen molar-refractivity contribution in [2.24, 2.45) is 5.92 Å². The Morgan fingerprint density at radius 3 is 2.67 bits per heavy atom. The summed E-state index contributed by atoms with van der Waals surface area (Å²) < 4.78 is 1.42. The molecule has 30 heavy (non-hydrogen) atoms. The maximum Gasteiger partial charge on any atom is 0.260 e. The van der Waals surface area contributed by atoms with E-state index < -0.39 is 6.23 Å². The first kappa shape index (κ1) is 20.6. The summed E-state index contributed by atoms with van der Waals surface area (Å²) >= 11 is 6.19. The maximum absolute atomic E-state index is 13.1. The van der Waals surface area contributed by atoms with Gasteiger partial charge in [-0.05, 0) is 50.1 Å². The van der Waals surface area contributed by atoms with E-state index in [4.69, 9.17) is 11.6 Å². The van der Waals surface area contributed by atoms with Crippen molar-refractivity contribution in [2.45, 2.75) is 45.3 Å². The Morgan fingerprint density at radius 2 is 1.90 bits per heavy atom. The van der Waals surface area contributed by atoms with Gasteiger partial charge in [0.25, 0.3) is 11.5 Å². The summed E-state index contributed by atoms with van der Waals surface area (Å²) in [6.07, 6.45) is 6.01. The number of amides is 1. The predicted octanol–water partition coefficient (Wildman–Crippen LogP) is 5.29. The van der Waals surface area contributed by atoms with Crippen molar-refractivity contribution in [2.75, 3.05) is 5.32 Å². The first-order valence-electron chi connectivity index (χ1n) is 10.3. The lowest BCUT2D eigenvalue weighted by Gasteiger charge is -2.28. The van der Waals surface area contributed by atoms with Gasteiger partial charge in [-0.25, -0.2) is 0 Å². The number of carbonyl (C=O) groups excluding carboxylic acids is 1. The van der Waals surface area contributed by atoms with Gasteiger partial charge in [0.15, 0.2) is 0 Å². The van der Waals surface area contributed by atoms with E-state index in [1.165, 1.54) is 11.0 Å². The van der Waals surface area contributed by atoms with Gasteiger partial charge in [-0.15, -0.1) is 0 Å². The van der Waals surface area contributed by atoms with Crippen molar-refractivity contribution in [1.82, 2.24) is 4.57 Å². The third-order valence-corrected chi connectivity index (χ3v) is 6.27. The molecular weight excluding hydrogens is 400 g/mol. The molecule has 1 unspecified atom stereocenters. The van der Waals surface area contributed by atoms with Crippen LogP contribution in [-0.4, -0.2) is 15.6 Å². The van der Waals surface area contributed by atoms with Crippen LogP contribution < -0.4 is 10.9 Å². The molecule has 1 aliphatic carbocycles. The number of carbonyl (C=O) groups is 1. The van der Waals surface area contributed by atoms with Crippen molar-refractivity contribution in [3.8, 4) is 0 Å². The average Bonchev–Trinajstić information content (AvgIpc) is 2.76. The van der Waals surface area contributed by atoms with Crippen LogP contribution in [0.1, 0.15) is 54.3 Å². The largest absolute Gasteiger partial charge is 0.373 e. The molecule has 1 aromatic heterocycles. The van der Waals surface area contributed by atoms with Crippen LogP contribution in [0.2, 0.25) is 5.02 Å². The zero-order valence-electron chi connectivity index (χ0n) is 16.9. The quantitative estimate of drug-likeness (QED) is 0.598. The number of rotatable bonds is 4. The van der Waals surface area contributed by atoms with Gasteiger partial charge in [-0.3, -0.25) is 14.2 Å². The summed E-state index contributed by atoms with van der Waals surface area (Å²) in [7, 11) is 0. The second kappa shape index (κ2) is 8.62. The molecule has 1 atom stereocenters. The smallest absolute Gasteiger partial charge is 0.260 e. The van der Waals surface area contributed by atoms with E-state index in [1.54, 1.807) is 42.6 Å². The molecular formula is C24H25ClN2O3. The van der Waals surface area contributed by atoms with Crippen molar-refractivity contribution in [1.29, 1.82) is 0 Å². The van der Waals surface area contributed by atoms with Crippen LogP contribution >= 0.6 is 11.6 Å².